The van der Waals surface area contributed by atoms with Crippen LogP contribution in [-0.2, 0) is 57.9 Å². The molecular weight excluding hydrogens is 907 g/mol. The number of hydrogen-bond acceptors (Lipinski definition) is 18. The van der Waals surface area contributed by atoms with Gasteiger partial charge < -0.3 is 72.6 Å². The lowest BCUT2D eigenvalue weighted by Gasteiger charge is -2.24. The predicted octanol–water partition coefficient (Wildman–Crippen LogP) is -3.96. The Morgan fingerprint density at radius 1 is 0.797 bits per heavy atom. The fourth-order valence-electron chi connectivity index (χ4n) is 6.51. The number of nitrogens with two attached hydrogens (primary N) is 4. The van der Waals surface area contributed by atoms with Gasteiger partial charge in [0.15, 0.2) is 28.6 Å². The zero-order chi connectivity index (χ0) is 49.9. The number of amides is 6. The van der Waals surface area contributed by atoms with Gasteiger partial charge in [-0.1, -0.05) is 30.3 Å². The number of nitrogens with one attached hydrogen (secondary N) is 5. The molecule has 5 aromatic rings. The van der Waals surface area contributed by atoms with Crippen molar-refractivity contribution in [3.63, 3.8) is 0 Å². The van der Waals surface area contributed by atoms with Crippen LogP contribution in [0.25, 0.3) is 22.3 Å². The van der Waals surface area contributed by atoms with Gasteiger partial charge in [-0.05, 0) is 18.4 Å². The molecule has 0 aliphatic heterocycles. The Morgan fingerprint density at radius 2 is 1.42 bits per heavy atom. The van der Waals surface area contributed by atoms with E-state index in [0.717, 1.165) is 15.4 Å². The molecule has 1 aromatic carbocycles. The van der Waals surface area contributed by atoms with Crippen molar-refractivity contribution in [3.05, 3.63) is 65.2 Å². The Hall–Kier alpha value is -8.92. The van der Waals surface area contributed by atoms with E-state index in [4.69, 9.17) is 32.4 Å². The minimum Gasteiger partial charge on any atom is -0.467 e. The molecule has 0 spiro atoms. The van der Waals surface area contributed by atoms with E-state index >= 15 is 0 Å². The maximum absolute atomic E-state index is 13.8. The lowest BCUT2D eigenvalue weighted by atomic mass is 10.1. The van der Waals surface area contributed by atoms with Crippen LogP contribution < -0.4 is 49.8 Å². The predicted molar refractivity (Wildman–Crippen MR) is 245 cm³/mol. The molecule has 0 aliphatic rings. The average molecular weight is 960 g/mol. The highest BCUT2D eigenvalue weighted by Crippen LogP contribution is 2.14. The molecule has 0 fully saturated rings. The molecule has 29 heteroatoms. The Bertz CT molecular complexity index is 2700. The molecule has 4 aromatic heterocycles. The van der Waals surface area contributed by atoms with Crippen LogP contribution in [0.2, 0.25) is 0 Å². The number of H-pyrrole nitrogens is 1. The van der Waals surface area contributed by atoms with Crippen molar-refractivity contribution in [1.29, 1.82) is 0 Å². The minimum atomic E-state index is -0.993. The lowest BCUT2D eigenvalue weighted by Crippen LogP contribution is -2.48. The van der Waals surface area contributed by atoms with Crippen LogP contribution in [0.1, 0.15) is 24.8 Å². The number of hydrogen-bond donors (Lipinski definition) is 9. The van der Waals surface area contributed by atoms with Gasteiger partial charge in [-0.15, -0.1) is 0 Å². The third-order valence-electron chi connectivity index (χ3n) is 9.92. The van der Waals surface area contributed by atoms with Crippen LogP contribution in [-0.4, -0.2) is 162 Å². The highest BCUT2D eigenvalue weighted by Gasteiger charge is 2.24. The molecule has 368 valence electrons. The molecule has 1 atom stereocenters. The number of alkyl carbamates (subject to hydrolysis) is 1. The normalized spacial score (nSPS) is 11.3. The Labute approximate surface area is 391 Å². The van der Waals surface area contributed by atoms with Gasteiger partial charge in [-0.2, -0.15) is 4.98 Å². The summed E-state index contributed by atoms with van der Waals surface area (Å²) in [6.45, 7) is -2.53. The van der Waals surface area contributed by atoms with Crippen LogP contribution >= 0.6 is 0 Å². The molecule has 4 heterocycles. The van der Waals surface area contributed by atoms with Gasteiger partial charge >= 0.3 is 12.1 Å². The third kappa shape index (κ3) is 15.6. The summed E-state index contributed by atoms with van der Waals surface area (Å²) < 4.78 is 12.7. The van der Waals surface area contributed by atoms with Crippen molar-refractivity contribution in [2.75, 3.05) is 70.9 Å². The summed E-state index contributed by atoms with van der Waals surface area (Å²) in [5.74, 6) is -4.07. The highest BCUT2D eigenvalue weighted by atomic mass is 16.5. The van der Waals surface area contributed by atoms with E-state index in [2.05, 4.69) is 56.2 Å². The number of esters is 1. The molecule has 0 saturated heterocycles. The van der Waals surface area contributed by atoms with Gasteiger partial charge in [-0.25, -0.2) is 29.5 Å². The molecule has 0 bridgehead atoms. The first-order valence-corrected chi connectivity index (χ1v) is 21.2. The van der Waals surface area contributed by atoms with Crippen LogP contribution in [0.4, 0.5) is 16.6 Å². The summed E-state index contributed by atoms with van der Waals surface area (Å²) in [4.78, 5) is 133. The first-order valence-electron chi connectivity index (χ1n) is 21.2. The number of ether oxygens (including phenoxy) is 2. The Balaban J connectivity index is 1.21. The van der Waals surface area contributed by atoms with E-state index < -0.39 is 72.8 Å². The number of anilines is 2. The van der Waals surface area contributed by atoms with Crippen LogP contribution in [0.3, 0.4) is 0 Å². The van der Waals surface area contributed by atoms with E-state index in [-0.39, 0.29) is 105 Å². The molecule has 0 radical (unpaired) electrons. The van der Waals surface area contributed by atoms with Crippen molar-refractivity contribution in [1.82, 2.24) is 70.1 Å². The van der Waals surface area contributed by atoms with Gasteiger partial charge in [0.05, 0.1) is 32.9 Å². The lowest BCUT2D eigenvalue weighted by molar-refractivity contribution is -0.145. The summed E-state index contributed by atoms with van der Waals surface area (Å²) in [5.41, 5.74) is 22.9. The molecule has 69 heavy (non-hydrogen) atoms. The average Bonchev–Trinajstić information content (AvgIpc) is 3.92. The maximum Gasteiger partial charge on any atom is 0.407 e. The van der Waals surface area contributed by atoms with E-state index in [1.807, 2.05) is 6.07 Å². The standard InChI is InChI=1S/C40H53N19O10/c1-68-37(66)25(8-5-10-47-38(42)43)53-26(60)9-11-45-27(61)16-56(29(63)18-58-22-51-31-33(41)49-21-50-34(31)58)14-12-46-28(62)17-57(15-13-48-40(67)69-20-24-6-3-2-4-7-24)30(64)19-59-23-52-32-35(59)54-39(44)55-36(32)65/h2-4,6-7,21-23,25H,5,8-20H2,1H3,(H,45,61)(H,46,62)(H,48,67)(H,53,60)(H2,41,49,50)(H4,42,43,47)(H3,44,54,55,65)/t25-/m0/s1. The number of rotatable bonds is 25. The molecule has 5 rings (SSSR count). The first kappa shape index (κ1) is 51.1. The quantitative estimate of drug-likeness (QED) is 0.0117. The van der Waals surface area contributed by atoms with E-state index in [9.17, 15) is 38.4 Å². The second kappa shape index (κ2) is 25.1. The Morgan fingerprint density at radius 3 is 2.07 bits per heavy atom. The second-order valence-corrected chi connectivity index (χ2v) is 15.0. The minimum absolute atomic E-state index is 0.00970. The number of nitrogen functional groups attached to an aromatic ring is 2. The zero-order valence-electron chi connectivity index (χ0n) is 37.5. The first-order chi connectivity index (χ1) is 33.1. The fourth-order valence-corrected chi connectivity index (χ4v) is 6.51. The van der Waals surface area contributed by atoms with Gasteiger partial charge in [0.25, 0.3) is 5.56 Å². The number of guanidine groups is 1. The van der Waals surface area contributed by atoms with Crippen LogP contribution in [0.5, 0.6) is 0 Å². The van der Waals surface area contributed by atoms with Crippen molar-refractivity contribution >= 4 is 81.7 Å². The van der Waals surface area contributed by atoms with E-state index in [1.165, 1.54) is 35.2 Å². The van der Waals surface area contributed by atoms with Gasteiger partial charge in [0, 0.05) is 45.7 Å². The molecule has 13 N–H and O–H groups in total. The fraction of sp³-hybridized carbons (Fsp3) is 0.400. The summed E-state index contributed by atoms with van der Waals surface area (Å²) >= 11 is 0. The van der Waals surface area contributed by atoms with Gasteiger partial charge in [0.2, 0.25) is 35.5 Å². The number of imidazole rings is 2. The van der Waals surface area contributed by atoms with Crippen molar-refractivity contribution in [2.24, 2.45) is 16.5 Å². The largest absolute Gasteiger partial charge is 0.467 e. The smallest absolute Gasteiger partial charge is 0.407 e. The SMILES string of the molecule is COC(=O)[C@H](CCCN=C(N)N)NC(=O)CCNC(=O)CN(CCNC(=O)CN(CCNC(=O)OCc1ccccc1)C(=O)Cn1cnc2c(=O)[nH]c(N)nc21)C(=O)Cn1cnc2c(N)ncnc21. The van der Waals surface area contributed by atoms with Crippen molar-refractivity contribution in [3.8, 4) is 0 Å². The number of aliphatic imine (C=N–C) groups is 1. The summed E-state index contributed by atoms with van der Waals surface area (Å²) in [5, 5.41) is 10.3. The van der Waals surface area contributed by atoms with Crippen molar-refractivity contribution < 1.29 is 43.0 Å². The number of methoxy groups -OCH3 is 1. The summed E-state index contributed by atoms with van der Waals surface area (Å²) in [6.07, 6.45) is 3.27. The number of aromatic amines is 1. The third-order valence-corrected chi connectivity index (χ3v) is 9.92. The van der Waals surface area contributed by atoms with E-state index in [1.54, 1.807) is 24.3 Å². The number of benzene rings is 1. The van der Waals surface area contributed by atoms with Gasteiger partial charge in [0.1, 0.15) is 37.6 Å². The number of nitrogens with zero attached hydrogens (tertiary/aromatic N) is 10. The number of aromatic nitrogens is 8. The second-order valence-electron chi connectivity index (χ2n) is 15.0. The summed E-state index contributed by atoms with van der Waals surface area (Å²) in [7, 11) is 1.17. The van der Waals surface area contributed by atoms with Crippen LogP contribution in [0.15, 0.2) is 59.1 Å². The molecule has 6 amide bonds. The number of carbonyl (C=O) groups excluding carboxylic acids is 7. The Kier molecular flexibility index (Phi) is 18.6. The van der Waals surface area contributed by atoms with Crippen LogP contribution in [0, 0.1) is 0 Å². The molecule has 29 nitrogen and oxygen atoms in total. The molecule has 0 aliphatic carbocycles. The molecule has 0 unspecified atom stereocenters. The maximum atomic E-state index is 13.8. The number of fused-ring (bicyclic) bond motifs is 2. The zero-order valence-corrected chi connectivity index (χ0v) is 37.5. The highest BCUT2D eigenvalue weighted by molar-refractivity contribution is 5.88. The van der Waals surface area contributed by atoms with Crippen molar-refractivity contribution in [2.45, 2.75) is 45.0 Å². The topological polar surface area (TPSA) is 416 Å². The van der Waals surface area contributed by atoms with Gasteiger partial charge in [-0.3, -0.25) is 38.7 Å². The molecule has 0 saturated carbocycles. The van der Waals surface area contributed by atoms with E-state index in [0.29, 0.717) is 6.42 Å². The summed E-state index contributed by atoms with van der Waals surface area (Å²) in [6, 6.07) is 7.95. The number of carbonyl (C=O) groups is 7. The molecular formula is C40H53N19O10. The monoisotopic (exact) mass is 959 g/mol.